The number of nitrogens with zero attached hydrogens (tertiary/aromatic N) is 3. The summed E-state index contributed by atoms with van der Waals surface area (Å²) >= 11 is 3.66. The largest absolute Gasteiger partial charge is 0.367 e. The fraction of sp³-hybridized carbons (Fsp3) is 0.412. The molecule has 0 amide bonds. The molecule has 120 valence electrons. The summed E-state index contributed by atoms with van der Waals surface area (Å²) in [6.45, 7) is 2.81. The van der Waals surface area contributed by atoms with Crippen LogP contribution < -0.4 is 15.5 Å². The molecule has 4 rings (SSSR count). The molecule has 1 saturated heterocycles. The van der Waals surface area contributed by atoms with Gasteiger partial charge in [-0.1, -0.05) is 34.1 Å². The van der Waals surface area contributed by atoms with Crippen molar-refractivity contribution in [2.75, 3.05) is 29.9 Å². The highest BCUT2D eigenvalue weighted by molar-refractivity contribution is 9.10. The van der Waals surface area contributed by atoms with Crippen LogP contribution in [0.1, 0.15) is 24.4 Å². The average molecular weight is 374 g/mol. The van der Waals surface area contributed by atoms with Crippen LogP contribution in [0.3, 0.4) is 0 Å². The number of piperazine rings is 1. The van der Waals surface area contributed by atoms with Crippen LogP contribution in [0.15, 0.2) is 41.1 Å². The van der Waals surface area contributed by atoms with E-state index in [1.54, 1.807) is 6.33 Å². The number of benzene rings is 1. The van der Waals surface area contributed by atoms with Crippen molar-refractivity contribution in [1.82, 2.24) is 15.3 Å². The minimum Gasteiger partial charge on any atom is -0.367 e. The van der Waals surface area contributed by atoms with Crippen molar-refractivity contribution in [2.45, 2.75) is 24.9 Å². The van der Waals surface area contributed by atoms with Gasteiger partial charge in [0.15, 0.2) is 0 Å². The molecular formula is C17H20BrN5. The highest BCUT2D eigenvalue weighted by atomic mass is 79.9. The number of nitrogens with one attached hydrogen (secondary N) is 2. The van der Waals surface area contributed by atoms with Gasteiger partial charge in [-0.25, -0.2) is 9.97 Å². The van der Waals surface area contributed by atoms with Gasteiger partial charge in [-0.3, -0.25) is 0 Å². The Morgan fingerprint density at radius 1 is 1.22 bits per heavy atom. The van der Waals surface area contributed by atoms with E-state index >= 15 is 0 Å². The summed E-state index contributed by atoms with van der Waals surface area (Å²) in [5.41, 5.74) is 1.29. The molecule has 0 bridgehead atoms. The minimum absolute atomic E-state index is 0.300. The van der Waals surface area contributed by atoms with Crippen LogP contribution in [0.2, 0.25) is 0 Å². The molecule has 2 N–H and O–H groups in total. The molecule has 0 radical (unpaired) electrons. The van der Waals surface area contributed by atoms with E-state index in [1.807, 2.05) is 0 Å². The van der Waals surface area contributed by atoms with Crippen molar-refractivity contribution in [1.29, 1.82) is 0 Å². The Kier molecular flexibility index (Phi) is 4.18. The molecule has 1 atom stereocenters. The lowest BCUT2D eigenvalue weighted by Gasteiger charge is -2.35. The Bertz CT molecular complexity index is 688. The molecule has 1 saturated carbocycles. The highest BCUT2D eigenvalue weighted by Crippen LogP contribution is 2.28. The molecule has 23 heavy (non-hydrogen) atoms. The monoisotopic (exact) mass is 373 g/mol. The molecule has 2 heterocycles. The molecule has 1 aromatic carbocycles. The quantitative estimate of drug-likeness (QED) is 0.862. The van der Waals surface area contributed by atoms with Crippen LogP contribution in [-0.2, 0) is 0 Å². The Balaban J connectivity index is 1.51. The highest BCUT2D eigenvalue weighted by Gasteiger charge is 2.24. The third-order valence-corrected chi connectivity index (χ3v) is 5.08. The van der Waals surface area contributed by atoms with Gasteiger partial charge in [-0.15, -0.1) is 0 Å². The summed E-state index contributed by atoms with van der Waals surface area (Å²) in [7, 11) is 0. The molecule has 6 heteroatoms. The minimum atomic E-state index is 0.300. The zero-order valence-corrected chi connectivity index (χ0v) is 14.5. The van der Waals surface area contributed by atoms with Gasteiger partial charge < -0.3 is 15.5 Å². The molecule has 1 aliphatic heterocycles. The molecular weight excluding hydrogens is 354 g/mol. The predicted molar refractivity (Wildman–Crippen MR) is 95.8 cm³/mol. The zero-order valence-electron chi connectivity index (χ0n) is 12.9. The third-order valence-electron chi connectivity index (χ3n) is 4.36. The maximum absolute atomic E-state index is 4.48. The van der Waals surface area contributed by atoms with Crippen molar-refractivity contribution in [3.63, 3.8) is 0 Å². The first-order valence-corrected chi connectivity index (χ1v) is 8.90. The van der Waals surface area contributed by atoms with Crippen molar-refractivity contribution in [2.24, 2.45) is 0 Å². The number of aromatic nitrogens is 2. The van der Waals surface area contributed by atoms with Gasteiger partial charge in [0.05, 0.1) is 6.04 Å². The molecule has 1 unspecified atom stereocenters. The summed E-state index contributed by atoms with van der Waals surface area (Å²) in [5, 5.41) is 7.05. The standard InChI is InChI=1S/C17H20BrN5/c18-14-4-2-1-3-13(14)15-10-23(8-7-19-15)17-9-16(20-11-21-17)22-12-5-6-12/h1-4,9,11-12,15,19H,5-8,10H2,(H,20,21,22). The summed E-state index contributed by atoms with van der Waals surface area (Å²) in [5.74, 6) is 1.94. The SMILES string of the molecule is Brc1ccccc1C1CN(c2cc(NC3CC3)ncn2)CCN1. The molecule has 2 aromatic rings. The Morgan fingerprint density at radius 2 is 2.09 bits per heavy atom. The van der Waals surface area contributed by atoms with Crippen LogP contribution in [0.25, 0.3) is 0 Å². The predicted octanol–water partition coefficient (Wildman–Crippen LogP) is 2.96. The van der Waals surface area contributed by atoms with Crippen LogP contribution in [0, 0.1) is 0 Å². The second-order valence-electron chi connectivity index (χ2n) is 6.15. The molecule has 1 aliphatic carbocycles. The van der Waals surface area contributed by atoms with Gasteiger partial charge in [-0.05, 0) is 24.5 Å². The van der Waals surface area contributed by atoms with Crippen LogP contribution in [0.4, 0.5) is 11.6 Å². The summed E-state index contributed by atoms with van der Waals surface area (Å²) in [6, 6.07) is 11.4. The molecule has 0 spiro atoms. The first-order chi connectivity index (χ1) is 11.3. The Morgan fingerprint density at radius 3 is 2.91 bits per heavy atom. The molecule has 2 aliphatic rings. The number of hydrogen-bond acceptors (Lipinski definition) is 5. The van der Waals surface area contributed by atoms with Crippen molar-refractivity contribution >= 4 is 27.6 Å². The first-order valence-electron chi connectivity index (χ1n) is 8.11. The zero-order chi connectivity index (χ0) is 15.6. The van der Waals surface area contributed by atoms with Gasteiger partial charge in [0.2, 0.25) is 0 Å². The van der Waals surface area contributed by atoms with E-state index < -0.39 is 0 Å². The van der Waals surface area contributed by atoms with Crippen molar-refractivity contribution in [3.05, 3.63) is 46.7 Å². The second kappa shape index (κ2) is 6.45. The smallest absolute Gasteiger partial charge is 0.134 e. The summed E-state index contributed by atoms with van der Waals surface area (Å²) in [6.07, 6.45) is 4.16. The second-order valence-corrected chi connectivity index (χ2v) is 7.01. The van der Waals surface area contributed by atoms with Crippen molar-refractivity contribution < 1.29 is 0 Å². The number of halogens is 1. The summed E-state index contributed by atoms with van der Waals surface area (Å²) < 4.78 is 1.15. The number of anilines is 2. The lowest BCUT2D eigenvalue weighted by atomic mass is 10.0. The molecule has 2 fully saturated rings. The fourth-order valence-corrected chi connectivity index (χ4v) is 3.52. The topological polar surface area (TPSA) is 53.1 Å². The van der Waals surface area contributed by atoms with E-state index in [1.165, 1.54) is 18.4 Å². The first kappa shape index (κ1) is 14.9. The van der Waals surface area contributed by atoms with E-state index in [0.717, 1.165) is 35.7 Å². The van der Waals surface area contributed by atoms with Gasteiger partial charge >= 0.3 is 0 Å². The average Bonchev–Trinajstić information content (AvgIpc) is 3.40. The van der Waals surface area contributed by atoms with Crippen LogP contribution in [0.5, 0.6) is 0 Å². The van der Waals surface area contributed by atoms with Gasteiger partial charge in [0.1, 0.15) is 18.0 Å². The fourth-order valence-electron chi connectivity index (χ4n) is 2.96. The number of rotatable bonds is 4. The normalized spacial score (nSPS) is 21.3. The van der Waals surface area contributed by atoms with E-state index in [9.17, 15) is 0 Å². The lowest BCUT2D eigenvalue weighted by Crippen LogP contribution is -2.46. The van der Waals surface area contributed by atoms with E-state index in [0.29, 0.717) is 12.1 Å². The number of hydrogen-bond donors (Lipinski definition) is 2. The molecule has 1 aromatic heterocycles. The van der Waals surface area contributed by atoms with Crippen molar-refractivity contribution in [3.8, 4) is 0 Å². The molecule has 5 nitrogen and oxygen atoms in total. The van der Waals surface area contributed by atoms with Crippen LogP contribution in [-0.4, -0.2) is 35.6 Å². The third kappa shape index (κ3) is 3.48. The van der Waals surface area contributed by atoms with Gasteiger partial charge in [-0.2, -0.15) is 0 Å². The van der Waals surface area contributed by atoms with E-state index in [-0.39, 0.29) is 0 Å². The van der Waals surface area contributed by atoms with Crippen LogP contribution >= 0.6 is 15.9 Å². The maximum atomic E-state index is 4.48. The van der Waals surface area contributed by atoms with Gasteiger partial charge in [0, 0.05) is 36.2 Å². The van der Waals surface area contributed by atoms with E-state index in [2.05, 4.69) is 71.8 Å². The Labute approximate surface area is 144 Å². The van der Waals surface area contributed by atoms with E-state index in [4.69, 9.17) is 0 Å². The summed E-state index contributed by atoms with van der Waals surface area (Å²) in [4.78, 5) is 11.1. The van der Waals surface area contributed by atoms with Gasteiger partial charge in [0.25, 0.3) is 0 Å². The lowest BCUT2D eigenvalue weighted by molar-refractivity contribution is 0.468. The maximum Gasteiger partial charge on any atom is 0.134 e. The Hall–Kier alpha value is -1.66.